The predicted octanol–water partition coefficient (Wildman–Crippen LogP) is 3.61. The summed E-state index contributed by atoms with van der Waals surface area (Å²) in [5.41, 5.74) is 9.16. The summed E-state index contributed by atoms with van der Waals surface area (Å²) < 4.78 is 1.74. The Morgan fingerprint density at radius 3 is 2.50 bits per heavy atom. The molecule has 0 aliphatic carbocycles. The number of nitrogens with two attached hydrogens (primary N) is 1. The fourth-order valence-corrected chi connectivity index (χ4v) is 2.87. The van der Waals surface area contributed by atoms with Crippen LogP contribution in [0.1, 0.15) is 53.7 Å². The number of nitrogens with zero attached hydrogens (tertiary/aromatic N) is 2. The number of hydrogen-bond acceptors (Lipinski definition) is 4. The maximum atomic E-state index is 12.5. The van der Waals surface area contributed by atoms with Gasteiger partial charge in [-0.2, -0.15) is 5.10 Å². The summed E-state index contributed by atoms with van der Waals surface area (Å²) in [6, 6.07) is 7.70. The van der Waals surface area contributed by atoms with E-state index in [0.29, 0.717) is 11.4 Å². The molecule has 26 heavy (non-hydrogen) atoms. The number of hydrogen-bond donors (Lipinski definition) is 3. The molecule has 6 nitrogen and oxygen atoms in total. The Bertz CT molecular complexity index is 703. The molecule has 0 saturated carbocycles. The van der Waals surface area contributed by atoms with Crippen LogP contribution >= 0.6 is 0 Å². The predicted molar refractivity (Wildman–Crippen MR) is 108 cm³/mol. The number of amides is 1. The molecule has 0 radical (unpaired) electrons. The number of aromatic nitrogens is 2. The van der Waals surface area contributed by atoms with Crippen molar-refractivity contribution in [2.75, 3.05) is 23.7 Å². The molecule has 6 heteroatoms. The van der Waals surface area contributed by atoms with E-state index >= 15 is 0 Å². The van der Waals surface area contributed by atoms with Gasteiger partial charge in [0, 0.05) is 36.6 Å². The molecule has 1 aromatic carbocycles. The first-order chi connectivity index (χ1) is 12.5. The Kier molecular flexibility index (Phi) is 7.66. The third-order valence-corrected chi connectivity index (χ3v) is 4.54. The number of carbonyl (C=O) groups is 1. The van der Waals surface area contributed by atoms with Gasteiger partial charge in [-0.05, 0) is 57.0 Å². The second-order valence-electron chi connectivity index (χ2n) is 6.76. The van der Waals surface area contributed by atoms with Crippen LogP contribution in [0.4, 0.5) is 11.5 Å². The van der Waals surface area contributed by atoms with E-state index in [-0.39, 0.29) is 5.91 Å². The lowest BCUT2D eigenvalue weighted by molar-refractivity contribution is 0.102. The van der Waals surface area contributed by atoms with Gasteiger partial charge in [0.25, 0.3) is 5.91 Å². The van der Waals surface area contributed by atoms with Crippen LogP contribution in [0.3, 0.4) is 0 Å². The van der Waals surface area contributed by atoms with Crippen molar-refractivity contribution in [3.63, 3.8) is 0 Å². The Balaban J connectivity index is 1.83. The highest BCUT2D eigenvalue weighted by Gasteiger charge is 2.12. The van der Waals surface area contributed by atoms with Gasteiger partial charge in [0.1, 0.15) is 0 Å². The van der Waals surface area contributed by atoms with Gasteiger partial charge in [-0.3, -0.25) is 9.48 Å². The van der Waals surface area contributed by atoms with Crippen molar-refractivity contribution in [3.8, 4) is 0 Å². The number of rotatable bonds is 10. The highest BCUT2D eigenvalue weighted by molar-refractivity contribution is 6.05. The minimum absolute atomic E-state index is 0.132. The molecule has 0 aliphatic heterocycles. The van der Waals surface area contributed by atoms with Crippen molar-refractivity contribution in [1.82, 2.24) is 9.78 Å². The average Bonchev–Trinajstić information content (AvgIpc) is 2.91. The number of anilines is 2. The second-order valence-corrected chi connectivity index (χ2v) is 6.76. The van der Waals surface area contributed by atoms with E-state index in [9.17, 15) is 4.79 Å². The molecular formula is C20H31N5O. The first-order valence-electron chi connectivity index (χ1n) is 9.38. The SMILES string of the molecule is Cc1cc(NCCCCCCCN)ccc1C(=O)Nc1cc(C)n(C)n1. The third kappa shape index (κ3) is 5.88. The minimum atomic E-state index is -0.132. The van der Waals surface area contributed by atoms with Crippen molar-refractivity contribution < 1.29 is 4.79 Å². The summed E-state index contributed by atoms with van der Waals surface area (Å²) >= 11 is 0. The Morgan fingerprint density at radius 1 is 1.12 bits per heavy atom. The summed E-state index contributed by atoms with van der Waals surface area (Å²) in [6.07, 6.45) is 5.94. The van der Waals surface area contributed by atoms with Gasteiger partial charge < -0.3 is 16.4 Å². The molecule has 1 aromatic heterocycles. The largest absolute Gasteiger partial charge is 0.385 e. The first-order valence-corrected chi connectivity index (χ1v) is 9.38. The molecule has 0 unspecified atom stereocenters. The fourth-order valence-electron chi connectivity index (χ4n) is 2.87. The standard InChI is InChI=1S/C20H31N5O/c1-15-13-17(22-12-8-6-4-5-7-11-21)9-10-18(15)20(26)23-19-14-16(2)25(3)24-19/h9-10,13-14,22H,4-8,11-12,21H2,1-3H3,(H,23,24,26). The molecule has 1 amide bonds. The van der Waals surface area contributed by atoms with Crippen LogP contribution < -0.4 is 16.4 Å². The van der Waals surface area contributed by atoms with Crippen molar-refractivity contribution in [2.45, 2.75) is 46.0 Å². The third-order valence-electron chi connectivity index (χ3n) is 4.54. The smallest absolute Gasteiger partial charge is 0.257 e. The van der Waals surface area contributed by atoms with Crippen LogP contribution in [0.25, 0.3) is 0 Å². The monoisotopic (exact) mass is 357 g/mol. The Morgan fingerprint density at radius 2 is 1.85 bits per heavy atom. The van der Waals surface area contributed by atoms with E-state index in [1.807, 2.05) is 45.2 Å². The molecule has 0 saturated heterocycles. The summed E-state index contributed by atoms with van der Waals surface area (Å²) in [4.78, 5) is 12.5. The van der Waals surface area contributed by atoms with Gasteiger partial charge in [0.15, 0.2) is 5.82 Å². The van der Waals surface area contributed by atoms with Crippen LogP contribution in [0.2, 0.25) is 0 Å². The van der Waals surface area contributed by atoms with E-state index in [1.54, 1.807) is 4.68 Å². The number of nitrogens with one attached hydrogen (secondary N) is 2. The Labute approximate surface area is 156 Å². The van der Waals surface area contributed by atoms with E-state index in [4.69, 9.17) is 5.73 Å². The zero-order valence-electron chi connectivity index (χ0n) is 16.1. The number of unbranched alkanes of at least 4 members (excludes halogenated alkanes) is 4. The molecule has 2 aromatic rings. The van der Waals surface area contributed by atoms with Gasteiger partial charge in [-0.1, -0.05) is 19.3 Å². The molecule has 142 valence electrons. The summed E-state index contributed by atoms with van der Waals surface area (Å²) in [7, 11) is 1.86. The van der Waals surface area contributed by atoms with Crippen LogP contribution in [0.5, 0.6) is 0 Å². The van der Waals surface area contributed by atoms with Gasteiger partial charge in [-0.15, -0.1) is 0 Å². The molecule has 4 N–H and O–H groups in total. The highest BCUT2D eigenvalue weighted by atomic mass is 16.1. The zero-order valence-corrected chi connectivity index (χ0v) is 16.1. The van der Waals surface area contributed by atoms with Crippen LogP contribution in [0.15, 0.2) is 24.3 Å². The van der Waals surface area contributed by atoms with E-state index in [2.05, 4.69) is 15.7 Å². The fraction of sp³-hybridized carbons (Fsp3) is 0.500. The lowest BCUT2D eigenvalue weighted by Gasteiger charge is -2.10. The molecule has 0 spiro atoms. The summed E-state index contributed by atoms with van der Waals surface area (Å²) in [6.45, 7) is 5.64. The normalized spacial score (nSPS) is 10.8. The quantitative estimate of drug-likeness (QED) is 0.567. The van der Waals surface area contributed by atoms with E-state index in [1.165, 1.54) is 19.3 Å². The van der Waals surface area contributed by atoms with Crippen LogP contribution in [0, 0.1) is 13.8 Å². The maximum absolute atomic E-state index is 12.5. The first kappa shape index (κ1) is 20.0. The lowest BCUT2D eigenvalue weighted by Crippen LogP contribution is -2.14. The van der Waals surface area contributed by atoms with Gasteiger partial charge in [-0.25, -0.2) is 0 Å². The lowest BCUT2D eigenvalue weighted by atomic mass is 10.1. The molecule has 0 fully saturated rings. The highest BCUT2D eigenvalue weighted by Crippen LogP contribution is 2.17. The van der Waals surface area contributed by atoms with Crippen molar-refractivity contribution in [2.24, 2.45) is 12.8 Å². The number of aryl methyl sites for hydroxylation is 3. The van der Waals surface area contributed by atoms with Gasteiger partial charge >= 0.3 is 0 Å². The molecule has 1 heterocycles. The molecule has 0 atom stereocenters. The molecule has 0 aliphatic rings. The maximum Gasteiger partial charge on any atom is 0.257 e. The van der Waals surface area contributed by atoms with Crippen LogP contribution in [-0.2, 0) is 7.05 Å². The van der Waals surface area contributed by atoms with Crippen molar-refractivity contribution in [1.29, 1.82) is 0 Å². The average molecular weight is 358 g/mol. The molecule has 0 bridgehead atoms. The van der Waals surface area contributed by atoms with Gasteiger partial charge in [0.05, 0.1) is 0 Å². The zero-order chi connectivity index (χ0) is 18.9. The van der Waals surface area contributed by atoms with E-state index < -0.39 is 0 Å². The molecular weight excluding hydrogens is 326 g/mol. The minimum Gasteiger partial charge on any atom is -0.385 e. The second kappa shape index (κ2) is 9.97. The topological polar surface area (TPSA) is 85.0 Å². The van der Waals surface area contributed by atoms with Gasteiger partial charge in [0.2, 0.25) is 0 Å². The summed E-state index contributed by atoms with van der Waals surface area (Å²) in [5.74, 6) is 0.443. The van der Waals surface area contributed by atoms with E-state index in [0.717, 1.165) is 42.9 Å². The van der Waals surface area contributed by atoms with Crippen molar-refractivity contribution >= 4 is 17.4 Å². The number of carbonyl (C=O) groups excluding carboxylic acids is 1. The van der Waals surface area contributed by atoms with Crippen molar-refractivity contribution in [3.05, 3.63) is 41.1 Å². The summed E-state index contributed by atoms with van der Waals surface area (Å²) in [5, 5.41) is 10.6. The van der Waals surface area contributed by atoms with Crippen LogP contribution in [-0.4, -0.2) is 28.8 Å². The molecule has 2 rings (SSSR count). The number of benzene rings is 1. The Hall–Kier alpha value is -2.34.